The number of rotatable bonds is 2. The van der Waals surface area contributed by atoms with Crippen LogP contribution in [-0.2, 0) is 0 Å². The second kappa shape index (κ2) is 3.54. The number of hydrogen-bond acceptors (Lipinski definition) is 1. The highest BCUT2D eigenvalue weighted by molar-refractivity contribution is 5.65. The van der Waals surface area contributed by atoms with Crippen molar-refractivity contribution in [2.24, 2.45) is 0 Å². The predicted molar refractivity (Wildman–Crippen MR) is 51.3 cm³/mol. The first-order valence-corrected chi connectivity index (χ1v) is 3.61. The quantitative estimate of drug-likeness (QED) is 0.644. The lowest BCUT2D eigenvalue weighted by molar-refractivity contribution is 1.47. The Morgan fingerprint density at radius 3 is 2.33 bits per heavy atom. The smallest absolute Gasteiger partial charge is 0.0991 e. The molecule has 0 fully saturated rings. The van der Waals surface area contributed by atoms with Crippen LogP contribution in [0.25, 0.3) is 12.2 Å². The van der Waals surface area contributed by atoms with Crippen LogP contribution in [0.5, 0.6) is 0 Å². The summed E-state index contributed by atoms with van der Waals surface area (Å²) in [5, 5.41) is 8.61. The molecule has 0 saturated heterocycles. The van der Waals surface area contributed by atoms with Crippen LogP contribution in [0.3, 0.4) is 0 Å². The van der Waals surface area contributed by atoms with Gasteiger partial charge >= 0.3 is 0 Å². The lowest BCUT2D eigenvalue weighted by atomic mass is 10.0. The average molecular weight is 155 g/mol. The van der Waals surface area contributed by atoms with Gasteiger partial charge in [-0.1, -0.05) is 31.4 Å². The Hall–Kier alpha value is -1.81. The molecule has 58 valence electrons. The zero-order chi connectivity index (χ0) is 8.97. The molecule has 1 nitrogen and oxygen atoms in total. The summed E-state index contributed by atoms with van der Waals surface area (Å²) in [5.74, 6) is 0. The molecular weight excluding hydrogens is 146 g/mol. The zero-order valence-electron chi connectivity index (χ0n) is 6.75. The van der Waals surface area contributed by atoms with Crippen LogP contribution in [0, 0.1) is 11.3 Å². The van der Waals surface area contributed by atoms with Crippen LogP contribution in [0.2, 0.25) is 0 Å². The molecule has 0 amide bonds. The molecule has 0 aliphatic heterocycles. The van der Waals surface area contributed by atoms with E-state index in [1.165, 1.54) is 0 Å². The van der Waals surface area contributed by atoms with Gasteiger partial charge in [0.25, 0.3) is 0 Å². The van der Waals surface area contributed by atoms with Gasteiger partial charge in [-0.05, 0) is 23.3 Å². The number of benzene rings is 1. The largest absolute Gasteiger partial charge is 0.192 e. The fraction of sp³-hybridized carbons (Fsp3) is 0. The second-order valence-electron chi connectivity index (χ2n) is 2.36. The average Bonchev–Trinajstić information content (AvgIpc) is 2.16. The molecule has 0 radical (unpaired) electrons. The van der Waals surface area contributed by atoms with Crippen LogP contribution < -0.4 is 0 Å². The highest BCUT2D eigenvalue weighted by Gasteiger charge is 1.96. The Morgan fingerprint density at radius 2 is 1.83 bits per heavy atom. The predicted octanol–water partition coefficient (Wildman–Crippen LogP) is 2.84. The van der Waals surface area contributed by atoms with E-state index in [1.807, 2.05) is 6.07 Å². The summed E-state index contributed by atoms with van der Waals surface area (Å²) in [4.78, 5) is 0. The normalized spacial score (nSPS) is 8.58. The maximum Gasteiger partial charge on any atom is 0.0991 e. The van der Waals surface area contributed by atoms with Gasteiger partial charge in [0.05, 0.1) is 11.6 Å². The first-order valence-electron chi connectivity index (χ1n) is 3.61. The lowest BCUT2D eigenvalue weighted by Gasteiger charge is -1.99. The molecule has 0 unspecified atom stereocenters. The molecule has 1 aromatic rings. The number of nitriles is 1. The molecule has 0 aliphatic rings. The van der Waals surface area contributed by atoms with Gasteiger partial charge in [0, 0.05) is 0 Å². The summed E-state index contributed by atoms with van der Waals surface area (Å²) in [7, 11) is 0. The minimum atomic E-state index is 0.649. The summed E-state index contributed by atoms with van der Waals surface area (Å²) in [5.41, 5.74) is 2.60. The van der Waals surface area contributed by atoms with E-state index in [0.29, 0.717) is 5.56 Å². The molecule has 0 aliphatic carbocycles. The molecule has 0 N–H and O–H groups in total. The molecule has 1 aromatic carbocycles. The molecule has 12 heavy (non-hydrogen) atoms. The van der Waals surface area contributed by atoms with Gasteiger partial charge in [-0.15, -0.1) is 0 Å². The van der Waals surface area contributed by atoms with Gasteiger partial charge in [-0.3, -0.25) is 0 Å². The van der Waals surface area contributed by atoms with Crippen LogP contribution in [0.15, 0.2) is 31.4 Å². The Kier molecular flexibility index (Phi) is 2.45. The maximum absolute atomic E-state index is 8.61. The SMILES string of the molecule is C=Cc1ccc(C#N)cc1C=C. The van der Waals surface area contributed by atoms with E-state index in [9.17, 15) is 0 Å². The molecule has 0 aromatic heterocycles. The van der Waals surface area contributed by atoms with E-state index in [-0.39, 0.29) is 0 Å². The first-order chi connectivity index (χ1) is 5.81. The standard InChI is InChI=1S/C11H9N/c1-3-10-6-5-9(8-12)7-11(10)4-2/h3-7H,1-2H2. The Balaban J connectivity index is 3.30. The summed E-state index contributed by atoms with van der Waals surface area (Å²) in [6, 6.07) is 7.50. The van der Waals surface area contributed by atoms with Gasteiger partial charge in [0.2, 0.25) is 0 Å². The van der Waals surface area contributed by atoms with E-state index < -0.39 is 0 Å². The number of nitrogens with zero attached hydrogens (tertiary/aromatic N) is 1. The fourth-order valence-electron chi connectivity index (χ4n) is 1.01. The van der Waals surface area contributed by atoms with Gasteiger partial charge in [0.1, 0.15) is 0 Å². The van der Waals surface area contributed by atoms with Crippen molar-refractivity contribution in [1.29, 1.82) is 5.26 Å². The van der Waals surface area contributed by atoms with Crippen molar-refractivity contribution in [1.82, 2.24) is 0 Å². The molecule has 0 bridgehead atoms. The molecule has 0 spiro atoms. The van der Waals surface area contributed by atoms with Crippen LogP contribution >= 0.6 is 0 Å². The van der Waals surface area contributed by atoms with E-state index in [4.69, 9.17) is 5.26 Å². The maximum atomic E-state index is 8.61. The summed E-state index contributed by atoms with van der Waals surface area (Å²) in [6.45, 7) is 7.32. The number of hydrogen-bond donors (Lipinski definition) is 0. The van der Waals surface area contributed by atoms with Crippen LogP contribution in [0.4, 0.5) is 0 Å². The van der Waals surface area contributed by atoms with Crippen LogP contribution in [-0.4, -0.2) is 0 Å². The summed E-state index contributed by atoms with van der Waals surface area (Å²) >= 11 is 0. The van der Waals surface area contributed by atoms with Crippen molar-refractivity contribution in [3.63, 3.8) is 0 Å². The van der Waals surface area contributed by atoms with E-state index >= 15 is 0 Å². The molecular formula is C11H9N. The van der Waals surface area contributed by atoms with E-state index in [0.717, 1.165) is 11.1 Å². The fourth-order valence-corrected chi connectivity index (χ4v) is 1.01. The van der Waals surface area contributed by atoms with Crippen molar-refractivity contribution >= 4 is 12.2 Å². The summed E-state index contributed by atoms with van der Waals surface area (Å²) < 4.78 is 0. The van der Waals surface area contributed by atoms with Crippen molar-refractivity contribution < 1.29 is 0 Å². The third-order valence-corrected chi connectivity index (χ3v) is 1.66. The molecule has 1 rings (SSSR count). The van der Waals surface area contributed by atoms with Gasteiger partial charge in [0.15, 0.2) is 0 Å². The third kappa shape index (κ3) is 1.43. The Morgan fingerprint density at radius 1 is 1.17 bits per heavy atom. The highest BCUT2D eigenvalue weighted by Crippen LogP contribution is 2.13. The van der Waals surface area contributed by atoms with Crippen molar-refractivity contribution in [2.45, 2.75) is 0 Å². The van der Waals surface area contributed by atoms with Gasteiger partial charge in [-0.2, -0.15) is 5.26 Å². The van der Waals surface area contributed by atoms with Gasteiger partial charge in [-0.25, -0.2) is 0 Å². The topological polar surface area (TPSA) is 23.8 Å². The monoisotopic (exact) mass is 155 g/mol. The molecule has 0 saturated carbocycles. The Labute approximate surface area is 72.3 Å². The highest BCUT2D eigenvalue weighted by atomic mass is 14.2. The third-order valence-electron chi connectivity index (χ3n) is 1.66. The van der Waals surface area contributed by atoms with Gasteiger partial charge < -0.3 is 0 Å². The van der Waals surface area contributed by atoms with Crippen molar-refractivity contribution in [2.75, 3.05) is 0 Å². The molecule has 0 heterocycles. The lowest BCUT2D eigenvalue weighted by Crippen LogP contribution is -1.81. The molecule has 1 heteroatoms. The minimum Gasteiger partial charge on any atom is -0.192 e. The Bertz CT molecular complexity index is 356. The minimum absolute atomic E-state index is 0.649. The van der Waals surface area contributed by atoms with Crippen molar-refractivity contribution in [3.8, 4) is 6.07 Å². The van der Waals surface area contributed by atoms with Crippen LogP contribution in [0.1, 0.15) is 16.7 Å². The molecule has 0 atom stereocenters. The van der Waals surface area contributed by atoms with E-state index in [1.54, 1.807) is 24.3 Å². The second-order valence-corrected chi connectivity index (χ2v) is 2.36. The zero-order valence-corrected chi connectivity index (χ0v) is 6.75. The van der Waals surface area contributed by atoms with Crippen molar-refractivity contribution in [3.05, 3.63) is 48.0 Å². The van der Waals surface area contributed by atoms with E-state index in [2.05, 4.69) is 19.2 Å². The summed E-state index contributed by atoms with van der Waals surface area (Å²) in [6.07, 6.45) is 3.47. The first kappa shape index (κ1) is 8.29.